The van der Waals surface area contributed by atoms with Crippen LogP contribution in [0.3, 0.4) is 0 Å². The molecule has 1 fully saturated rings. The van der Waals surface area contributed by atoms with E-state index in [1.807, 2.05) is 12.1 Å². The molecule has 1 N–H and O–H groups in total. The van der Waals surface area contributed by atoms with Gasteiger partial charge >= 0.3 is 0 Å². The second-order valence-electron chi connectivity index (χ2n) is 8.62. The van der Waals surface area contributed by atoms with Crippen molar-refractivity contribution in [2.24, 2.45) is 4.99 Å². The molecule has 2 aromatic carbocycles. The van der Waals surface area contributed by atoms with Crippen molar-refractivity contribution in [3.63, 3.8) is 0 Å². The summed E-state index contributed by atoms with van der Waals surface area (Å²) in [6, 6.07) is 10.2. The van der Waals surface area contributed by atoms with Crippen LogP contribution in [0, 0.1) is 0 Å². The Kier molecular flexibility index (Phi) is 6.82. The first-order valence-corrected chi connectivity index (χ1v) is 11.0. The van der Waals surface area contributed by atoms with Gasteiger partial charge in [0.25, 0.3) is 0 Å². The van der Waals surface area contributed by atoms with Crippen LogP contribution in [0.25, 0.3) is 0 Å². The van der Waals surface area contributed by atoms with E-state index in [2.05, 4.69) is 45.9 Å². The Morgan fingerprint density at radius 3 is 2.18 bits per heavy atom. The molecular formula is C25H32ClNO. The van der Waals surface area contributed by atoms with Crippen molar-refractivity contribution in [3.8, 4) is 5.75 Å². The normalized spacial score (nSPS) is 15.8. The average Bonchev–Trinajstić information content (AvgIpc) is 2.68. The molecule has 0 spiro atoms. The second kappa shape index (κ2) is 9.13. The highest BCUT2D eigenvalue weighted by Crippen LogP contribution is 2.40. The minimum atomic E-state index is 0.341. The maximum Gasteiger partial charge on any atom is 0.127 e. The summed E-state index contributed by atoms with van der Waals surface area (Å²) in [6.45, 7) is 8.76. The van der Waals surface area contributed by atoms with Gasteiger partial charge in [-0.1, -0.05) is 76.8 Å². The van der Waals surface area contributed by atoms with Crippen LogP contribution < -0.4 is 0 Å². The molecule has 0 aromatic heterocycles. The van der Waals surface area contributed by atoms with Crippen LogP contribution in [-0.2, 0) is 0 Å². The maximum absolute atomic E-state index is 11.0. The molecule has 0 atom stereocenters. The van der Waals surface area contributed by atoms with Gasteiger partial charge in [0.1, 0.15) is 5.75 Å². The van der Waals surface area contributed by atoms with Crippen molar-refractivity contribution in [2.75, 3.05) is 0 Å². The predicted octanol–water partition coefficient (Wildman–Crippen LogP) is 8.09. The summed E-state index contributed by atoms with van der Waals surface area (Å²) in [7, 11) is 0. The van der Waals surface area contributed by atoms with E-state index in [-0.39, 0.29) is 0 Å². The lowest BCUT2D eigenvalue weighted by molar-refractivity contribution is 0.414. The monoisotopic (exact) mass is 397 g/mol. The third kappa shape index (κ3) is 4.60. The van der Waals surface area contributed by atoms with Crippen molar-refractivity contribution < 1.29 is 5.11 Å². The summed E-state index contributed by atoms with van der Waals surface area (Å²) in [5.74, 6) is 1.51. The lowest BCUT2D eigenvalue weighted by atomic mass is 9.83. The van der Waals surface area contributed by atoms with Gasteiger partial charge in [0.2, 0.25) is 0 Å². The van der Waals surface area contributed by atoms with E-state index in [4.69, 9.17) is 16.6 Å². The lowest BCUT2D eigenvalue weighted by Crippen LogP contribution is -2.05. The predicted molar refractivity (Wildman–Crippen MR) is 121 cm³/mol. The molecule has 28 heavy (non-hydrogen) atoms. The number of benzene rings is 2. The van der Waals surface area contributed by atoms with E-state index in [1.54, 1.807) is 6.21 Å². The van der Waals surface area contributed by atoms with E-state index in [0.717, 1.165) is 24.1 Å². The number of hydrogen-bond donors (Lipinski definition) is 1. The smallest absolute Gasteiger partial charge is 0.127 e. The first kappa shape index (κ1) is 20.9. The van der Waals surface area contributed by atoms with Gasteiger partial charge in [-0.3, -0.25) is 4.99 Å². The van der Waals surface area contributed by atoms with Crippen LogP contribution in [0.15, 0.2) is 35.3 Å². The number of rotatable bonds is 5. The highest BCUT2D eigenvalue weighted by molar-refractivity contribution is 6.31. The van der Waals surface area contributed by atoms with E-state index in [9.17, 15) is 5.11 Å². The summed E-state index contributed by atoms with van der Waals surface area (Å²) in [6.07, 6.45) is 7.77. The Hall–Kier alpha value is -1.80. The Labute approximate surface area is 174 Å². The van der Waals surface area contributed by atoms with Gasteiger partial charge in [0.15, 0.2) is 0 Å². The molecule has 0 bridgehead atoms. The fourth-order valence-electron chi connectivity index (χ4n) is 4.26. The van der Waals surface area contributed by atoms with Gasteiger partial charge in [-0.15, -0.1) is 0 Å². The van der Waals surface area contributed by atoms with E-state index >= 15 is 0 Å². The summed E-state index contributed by atoms with van der Waals surface area (Å²) in [5.41, 5.74) is 5.18. The largest absolute Gasteiger partial charge is 0.507 e. The van der Waals surface area contributed by atoms with Gasteiger partial charge < -0.3 is 5.11 Å². The average molecular weight is 398 g/mol. The first-order chi connectivity index (χ1) is 13.4. The number of hydrogen-bond acceptors (Lipinski definition) is 2. The Balaban J connectivity index is 2.02. The lowest BCUT2D eigenvalue weighted by Gasteiger charge is -2.23. The number of phenolic OH excluding ortho intramolecular Hbond substituents is 1. The van der Waals surface area contributed by atoms with Crippen molar-refractivity contribution in [1.82, 2.24) is 0 Å². The molecule has 0 unspecified atom stereocenters. The Morgan fingerprint density at radius 2 is 1.61 bits per heavy atom. The van der Waals surface area contributed by atoms with Crippen molar-refractivity contribution in [2.45, 2.75) is 77.6 Å². The Morgan fingerprint density at radius 1 is 1.00 bits per heavy atom. The third-order valence-corrected chi connectivity index (χ3v) is 6.07. The molecule has 0 saturated heterocycles. The summed E-state index contributed by atoms with van der Waals surface area (Å²) >= 11 is 6.41. The van der Waals surface area contributed by atoms with Crippen LogP contribution in [0.5, 0.6) is 5.75 Å². The van der Waals surface area contributed by atoms with Gasteiger partial charge in [0.05, 0.1) is 5.69 Å². The molecule has 1 aliphatic carbocycles. The number of nitrogens with zero attached hydrogens (tertiary/aromatic N) is 1. The van der Waals surface area contributed by atoms with Gasteiger partial charge in [-0.05, 0) is 59.4 Å². The number of aromatic hydroxyl groups is 1. The topological polar surface area (TPSA) is 32.6 Å². The van der Waals surface area contributed by atoms with Crippen molar-refractivity contribution in [3.05, 3.63) is 57.6 Å². The van der Waals surface area contributed by atoms with E-state index < -0.39 is 0 Å². The van der Waals surface area contributed by atoms with E-state index in [1.165, 1.54) is 30.4 Å². The zero-order valence-corrected chi connectivity index (χ0v) is 18.3. The molecular weight excluding hydrogens is 366 g/mol. The fraction of sp³-hybridized carbons (Fsp3) is 0.480. The van der Waals surface area contributed by atoms with Gasteiger partial charge in [-0.2, -0.15) is 0 Å². The molecule has 3 heteroatoms. The zero-order chi connectivity index (χ0) is 20.3. The summed E-state index contributed by atoms with van der Waals surface area (Å²) in [4.78, 5) is 4.86. The highest BCUT2D eigenvalue weighted by Gasteiger charge is 2.21. The number of phenols is 1. The van der Waals surface area contributed by atoms with Gasteiger partial charge in [0, 0.05) is 16.8 Å². The number of para-hydroxylation sites is 1. The quantitative estimate of drug-likeness (QED) is 0.508. The maximum atomic E-state index is 11.0. The molecule has 3 rings (SSSR count). The molecule has 0 amide bonds. The molecule has 0 heterocycles. The van der Waals surface area contributed by atoms with Crippen LogP contribution in [0.4, 0.5) is 5.69 Å². The molecule has 150 valence electrons. The summed E-state index contributed by atoms with van der Waals surface area (Å²) < 4.78 is 0. The van der Waals surface area contributed by atoms with Crippen molar-refractivity contribution >= 4 is 23.5 Å². The fourth-order valence-corrected chi connectivity index (χ4v) is 4.50. The standard InChI is InChI=1S/C25H32ClNO/c1-16(2)21-11-8-12-22(17(3)4)24(21)27-15-19-13-20(26)14-23(25(19)28)18-9-6-5-7-10-18/h8,11-18,28H,5-7,9-10H2,1-4H3. The minimum absolute atomic E-state index is 0.341. The third-order valence-electron chi connectivity index (χ3n) is 5.85. The Bertz CT molecular complexity index is 822. The number of aliphatic imine (C=N–C) groups is 1. The van der Waals surface area contributed by atoms with Crippen LogP contribution >= 0.6 is 11.6 Å². The summed E-state index contributed by atoms with van der Waals surface area (Å²) in [5, 5.41) is 11.6. The second-order valence-corrected chi connectivity index (χ2v) is 9.06. The number of halogens is 1. The molecule has 1 saturated carbocycles. The zero-order valence-electron chi connectivity index (χ0n) is 17.5. The van der Waals surface area contributed by atoms with Crippen molar-refractivity contribution in [1.29, 1.82) is 0 Å². The molecule has 0 radical (unpaired) electrons. The van der Waals surface area contributed by atoms with Gasteiger partial charge in [-0.25, -0.2) is 0 Å². The first-order valence-electron chi connectivity index (χ1n) is 10.6. The molecule has 1 aliphatic rings. The highest BCUT2D eigenvalue weighted by atomic mass is 35.5. The SMILES string of the molecule is CC(C)c1cccc(C(C)C)c1N=Cc1cc(Cl)cc(C2CCCCC2)c1O. The molecule has 2 nitrogen and oxygen atoms in total. The van der Waals surface area contributed by atoms with Crippen LogP contribution in [0.1, 0.15) is 99.8 Å². The van der Waals surface area contributed by atoms with Crippen LogP contribution in [-0.4, -0.2) is 11.3 Å². The van der Waals surface area contributed by atoms with Crippen LogP contribution in [0.2, 0.25) is 5.02 Å². The minimum Gasteiger partial charge on any atom is -0.507 e. The molecule has 0 aliphatic heterocycles. The van der Waals surface area contributed by atoms with E-state index in [0.29, 0.717) is 34.1 Å². The molecule has 2 aromatic rings.